The molecule has 0 atom stereocenters. The van der Waals surface area contributed by atoms with Gasteiger partial charge >= 0.3 is 0 Å². The van der Waals surface area contributed by atoms with Crippen molar-refractivity contribution in [1.82, 2.24) is 0 Å². The Hall–Kier alpha value is -1.13. The van der Waals surface area contributed by atoms with E-state index in [1.54, 1.807) is 0 Å². The minimum atomic E-state index is -0.625. The van der Waals surface area contributed by atoms with E-state index in [1.165, 1.54) is 11.0 Å². The lowest BCUT2D eigenvalue weighted by molar-refractivity contribution is -0.114. The molecular weight excluding hydrogens is 304 g/mol. The number of amides is 1. The van der Waals surface area contributed by atoms with Crippen LogP contribution >= 0.6 is 23.2 Å². The molecule has 0 spiro atoms. The highest BCUT2D eigenvalue weighted by Crippen LogP contribution is 2.33. The molecule has 0 saturated carbocycles. The average molecular weight is 318 g/mol. The van der Waals surface area contributed by atoms with Crippen molar-refractivity contribution in [2.45, 2.75) is 25.7 Å². The predicted molar refractivity (Wildman–Crippen MR) is 77.3 cm³/mol. The molecule has 6 heteroatoms. The lowest BCUT2D eigenvalue weighted by Crippen LogP contribution is -2.30. The fourth-order valence-electron chi connectivity index (χ4n) is 2.23. The quantitative estimate of drug-likeness (QED) is 0.454. The van der Waals surface area contributed by atoms with E-state index in [2.05, 4.69) is 0 Å². The van der Waals surface area contributed by atoms with E-state index in [0.29, 0.717) is 18.1 Å². The molecular formula is C14H14Cl2FNO2. The van der Waals surface area contributed by atoms with Crippen LogP contribution in [0.2, 0.25) is 5.02 Å². The summed E-state index contributed by atoms with van der Waals surface area (Å²) >= 11 is 11.2. The molecule has 0 saturated heterocycles. The van der Waals surface area contributed by atoms with Crippen molar-refractivity contribution < 1.29 is 14.0 Å². The fraction of sp³-hybridized carbons (Fsp3) is 0.429. The van der Waals surface area contributed by atoms with Crippen LogP contribution in [-0.2, 0) is 4.79 Å². The SMILES string of the molecule is O=C1C(=O)N(CCCCCCCl)c2cc(F)c(Cl)cc21. The highest BCUT2D eigenvalue weighted by atomic mass is 35.5. The summed E-state index contributed by atoms with van der Waals surface area (Å²) in [5.74, 6) is -1.24. The maximum Gasteiger partial charge on any atom is 0.299 e. The molecule has 108 valence electrons. The third-order valence-electron chi connectivity index (χ3n) is 3.28. The second-order valence-corrected chi connectivity index (χ2v) is 5.46. The first-order valence-corrected chi connectivity index (χ1v) is 7.38. The van der Waals surface area contributed by atoms with E-state index < -0.39 is 17.5 Å². The molecule has 1 aromatic rings. The first-order chi connectivity index (χ1) is 9.56. The number of alkyl halides is 1. The average Bonchev–Trinajstić information content (AvgIpc) is 2.64. The normalized spacial score (nSPS) is 14.1. The summed E-state index contributed by atoms with van der Waals surface area (Å²) in [5.41, 5.74) is 0.501. The minimum Gasteiger partial charge on any atom is -0.305 e. The Morgan fingerprint density at radius 2 is 1.80 bits per heavy atom. The van der Waals surface area contributed by atoms with Gasteiger partial charge in [0.25, 0.3) is 11.7 Å². The number of carbonyl (C=O) groups is 2. The Bertz CT molecular complexity index is 548. The van der Waals surface area contributed by atoms with Gasteiger partial charge in [-0.25, -0.2) is 4.39 Å². The lowest BCUT2D eigenvalue weighted by atomic mass is 10.1. The molecule has 0 unspecified atom stereocenters. The second-order valence-electron chi connectivity index (χ2n) is 4.67. The molecule has 3 nitrogen and oxygen atoms in total. The molecule has 0 aliphatic carbocycles. The Kier molecular flexibility index (Phi) is 5.00. The molecule has 1 amide bonds. The molecule has 1 aromatic carbocycles. The van der Waals surface area contributed by atoms with Crippen molar-refractivity contribution >= 4 is 40.6 Å². The van der Waals surface area contributed by atoms with Gasteiger partial charge in [-0.2, -0.15) is 0 Å². The number of fused-ring (bicyclic) bond motifs is 1. The minimum absolute atomic E-state index is 0.145. The van der Waals surface area contributed by atoms with E-state index >= 15 is 0 Å². The van der Waals surface area contributed by atoms with E-state index in [4.69, 9.17) is 23.2 Å². The molecule has 1 aliphatic heterocycles. The maximum absolute atomic E-state index is 13.5. The van der Waals surface area contributed by atoms with Gasteiger partial charge in [-0.05, 0) is 25.0 Å². The van der Waals surface area contributed by atoms with Crippen LogP contribution in [0.25, 0.3) is 0 Å². The number of halogens is 3. The first kappa shape index (κ1) is 15.3. The van der Waals surface area contributed by atoms with Crippen LogP contribution in [0.15, 0.2) is 12.1 Å². The Morgan fingerprint density at radius 3 is 2.50 bits per heavy atom. The molecule has 0 radical (unpaired) electrons. The summed E-state index contributed by atoms with van der Waals surface area (Å²) in [6.07, 6.45) is 3.56. The van der Waals surface area contributed by atoms with Crippen molar-refractivity contribution in [3.05, 3.63) is 28.5 Å². The zero-order chi connectivity index (χ0) is 14.7. The van der Waals surface area contributed by atoms with Crippen LogP contribution in [0, 0.1) is 5.82 Å². The highest BCUT2D eigenvalue weighted by Gasteiger charge is 2.36. The molecule has 1 aliphatic rings. The summed E-state index contributed by atoms with van der Waals surface area (Å²) in [4.78, 5) is 25.0. The number of hydrogen-bond acceptors (Lipinski definition) is 2. The van der Waals surface area contributed by atoms with Gasteiger partial charge < -0.3 is 4.90 Å². The number of benzene rings is 1. The van der Waals surface area contributed by atoms with Crippen molar-refractivity contribution in [2.75, 3.05) is 17.3 Å². The monoisotopic (exact) mass is 317 g/mol. The highest BCUT2D eigenvalue weighted by molar-refractivity contribution is 6.52. The molecule has 0 bridgehead atoms. The van der Waals surface area contributed by atoms with Gasteiger partial charge in [-0.3, -0.25) is 9.59 Å². The molecule has 1 heterocycles. The van der Waals surface area contributed by atoms with Gasteiger partial charge in [-0.1, -0.05) is 24.4 Å². The third kappa shape index (κ3) is 2.96. The number of carbonyl (C=O) groups excluding carboxylic acids is 2. The van der Waals surface area contributed by atoms with Gasteiger partial charge in [0.15, 0.2) is 0 Å². The van der Waals surface area contributed by atoms with E-state index in [1.807, 2.05) is 0 Å². The summed E-state index contributed by atoms with van der Waals surface area (Å²) in [6.45, 7) is 0.404. The van der Waals surface area contributed by atoms with Gasteiger partial charge in [-0.15, -0.1) is 11.6 Å². The number of rotatable bonds is 6. The second kappa shape index (κ2) is 6.55. The summed E-state index contributed by atoms with van der Waals surface area (Å²) in [7, 11) is 0. The number of hydrogen-bond donors (Lipinski definition) is 0. The summed E-state index contributed by atoms with van der Waals surface area (Å²) in [5, 5.41) is -0.145. The lowest BCUT2D eigenvalue weighted by Gasteiger charge is -2.16. The van der Waals surface area contributed by atoms with Crippen LogP contribution < -0.4 is 4.90 Å². The molecule has 0 fully saturated rings. The van der Waals surface area contributed by atoms with Gasteiger partial charge in [0, 0.05) is 12.4 Å². The zero-order valence-corrected chi connectivity index (χ0v) is 12.3. The largest absolute Gasteiger partial charge is 0.305 e. The summed E-state index contributed by atoms with van der Waals surface area (Å²) < 4.78 is 13.5. The van der Waals surface area contributed by atoms with E-state index in [-0.39, 0.29) is 10.6 Å². The topological polar surface area (TPSA) is 37.4 Å². The van der Waals surface area contributed by atoms with Crippen LogP contribution in [0.1, 0.15) is 36.0 Å². The van der Waals surface area contributed by atoms with E-state index in [9.17, 15) is 14.0 Å². The smallest absolute Gasteiger partial charge is 0.299 e. The number of unbranched alkanes of at least 4 members (excludes halogenated alkanes) is 3. The van der Waals surface area contributed by atoms with Crippen LogP contribution in [0.4, 0.5) is 10.1 Å². The molecule has 0 N–H and O–H groups in total. The van der Waals surface area contributed by atoms with Crippen molar-refractivity contribution in [1.29, 1.82) is 0 Å². The van der Waals surface area contributed by atoms with Crippen LogP contribution in [0.3, 0.4) is 0 Å². The van der Waals surface area contributed by atoms with Gasteiger partial charge in [0.05, 0.1) is 16.3 Å². The number of anilines is 1. The van der Waals surface area contributed by atoms with Crippen molar-refractivity contribution in [3.8, 4) is 0 Å². The molecule has 0 aromatic heterocycles. The standard InChI is InChI=1S/C14H14Cl2FNO2/c15-5-3-1-2-4-6-18-12-8-11(17)10(16)7-9(12)13(19)14(18)20/h7-8H,1-6H2. The number of ketones is 1. The fourth-order valence-corrected chi connectivity index (χ4v) is 2.58. The summed E-state index contributed by atoms with van der Waals surface area (Å²) in [6, 6.07) is 2.37. The van der Waals surface area contributed by atoms with Gasteiger partial charge in [0.1, 0.15) is 5.82 Å². The Labute approximate surface area is 126 Å². The molecule has 20 heavy (non-hydrogen) atoms. The van der Waals surface area contributed by atoms with Gasteiger partial charge in [0.2, 0.25) is 0 Å². The molecule has 2 rings (SSSR count). The number of Topliss-reactive ketones (excluding diaryl/α,β-unsaturated/α-hetero) is 1. The Morgan fingerprint density at radius 1 is 1.10 bits per heavy atom. The van der Waals surface area contributed by atoms with Crippen LogP contribution in [-0.4, -0.2) is 24.1 Å². The van der Waals surface area contributed by atoms with Crippen LogP contribution in [0.5, 0.6) is 0 Å². The maximum atomic E-state index is 13.5. The Balaban J connectivity index is 2.10. The predicted octanol–water partition coefficient (Wildman–Crippen LogP) is 3.81. The first-order valence-electron chi connectivity index (χ1n) is 6.47. The van der Waals surface area contributed by atoms with E-state index in [0.717, 1.165) is 31.7 Å². The third-order valence-corrected chi connectivity index (χ3v) is 3.84. The van der Waals surface area contributed by atoms with Crippen molar-refractivity contribution in [3.63, 3.8) is 0 Å². The van der Waals surface area contributed by atoms with Crippen molar-refractivity contribution in [2.24, 2.45) is 0 Å². The zero-order valence-electron chi connectivity index (χ0n) is 10.8. The number of nitrogens with zero attached hydrogens (tertiary/aromatic N) is 1.